The molecule has 0 saturated carbocycles. The predicted molar refractivity (Wildman–Crippen MR) is 130 cm³/mol. The first-order valence-corrected chi connectivity index (χ1v) is 10.9. The van der Waals surface area contributed by atoms with E-state index in [0.717, 1.165) is 5.56 Å². The second kappa shape index (κ2) is 13.0. The van der Waals surface area contributed by atoms with E-state index in [4.69, 9.17) is 0 Å². The maximum atomic E-state index is 13.1. The summed E-state index contributed by atoms with van der Waals surface area (Å²) < 4.78 is 0. The first-order chi connectivity index (χ1) is 16.3. The van der Waals surface area contributed by atoms with Gasteiger partial charge in [0.2, 0.25) is 5.91 Å². The fourth-order valence-corrected chi connectivity index (χ4v) is 3.39. The molecular weight excluding hydrogens is 434 g/mol. The quantitative estimate of drug-likeness (QED) is 0.356. The number of phenols is 1. The Morgan fingerprint density at radius 1 is 1.06 bits per heavy atom. The van der Waals surface area contributed by atoms with E-state index in [-0.39, 0.29) is 37.4 Å². The average Bonchev–Trinajstić information content (AvgIpc) is 2.83. The summed E-state index contributed by atoms with van der Waals surface area (Å²) in [6, 6.07) is 12.7. The van der Waals surface area contributed by atoms with Crippen LogP contribution < -0.4 is 10.6 Å². The van der Waals surface area contributed by atoms with Gasteiger partial charge in [0.15, 0.2) is 6.10 Å². The number of nitrogens with zero attached hydrogens (tertiary/aromatic N) is 1. The summed E-state index contributed by atoms with van der Waals surface area (Å²) in [6.07, 6.45) is 1.50. The minimum absolute atomic E-state index is 0.0356. The molecule has 0 spiro atoms. The fraction of sp³-hybridized carbons (Fsp3) is 0.269. The first kappa shape index (κ1) is 26.3. The van der Waals surface area contributed by atoms with Crippen molar-refractivity contribution in [2.24, 2.45) is 0 Å². The van der Waals surface area contributed by atoms with E-state index in [1.807, 2.05) is 30.3 Å². The van der Waals surface area contributed by atoms with Gasteiger partial charge in [-0.25, -0.2) is 0 Å². The lowest BCUT2D eigenvalue weighted by Gasteiger charge is -2.29. The number of nitrogens with one attached hydrogen (secondary N) is 2. The highest BCUT2D eigenvalue weighted by molar-refractivity contribution is 5.97. The topological polar surface area (TPSA) is 119 Å². The van der Waals surface area contributed by atoms with Crippen LogP contribution in [0.2, 0.25) is 0 Å². The Morgan fingerprint density at radius 3 is 2.41 bits per heavy atom. The number of hydrogen-bond acceptors (Lipinski definition) is 5. The maximum Gasteiger partial charge on any atom is 0.254 e. The lowest BCUT2D eigenvalue weighted by Crippen LogP contribution is -2.54. The van der Waals surface area contributed by atoms with Crippen LogP contribution in [0.4, 0.5) is 0 Å². The molecule has 2 atom stereocenters. The van der Waals surface area contributed by atoms with Gasteiger partial charge in [0.25, 0.3) is 11.8 Å². The number of amides is 3. The molecule has 0 fully saturated rings. The molecule has 0 bridgehead atoms. The van der Waals surface area contributed by atoms with E-state index in [1.54, 1.807) is 19.1 Å². The number of benzene rings is 2. The third-order valence-electron chi connectivity index (χ3n) is 5.24. The molecule has 0 aliphatic rings. The first-order valence-electron chi connectivity index (χ1n) is 10.9. The van der Waals surface area contributed by atoms with Gasteiger partial charge in [-0.1, -0.05) is 48.6 Å². The highest BCUT2D eigenvalue weighted by Gasteiger charge is 2.32. The van der Waals surface area contributed by atoms with Crippen LogP contribution in [0.25, 0.3) is 0 Å². The molecule has 0 radical (unpaired) electrons. The van der Waals surface area contributed by atoms with Gasteiger partial charge in [0, 0.05) is 24.2 Å². The standard InChI is InChI=1S/C26H31N3O5/c1-4-14-27-23(31)17-29(15-5-2)26(34)24(32)21(16-19-10-7-6-8-11-19)28-25(33)20-12-9-13-22(30)18(20)3/h4-13,21,24,30,32H,1-2,14-17H2,3H3,(H,27,31)(H,28,33). The molecule has 0 aliphatic carbocycles. The van der Waals surface area contributed by atoms with Crippen molar-refractivity contribution in [2.45, 2.75) is 25.5 Å². The molecule has 0 saturated heterocycles. The number of aliphatic hydroxyl groups is 1. The summed E-state index contributed by atoms with van der Waals surface area (Å²) in [7, 11) is 0. The molecular formula is C26H31N3O5. The largest absolute Gasteiger partial charge is 0.508 e. The van der Waals surface area contributed by atoms with Gasteiger partial charge in [0.05, 0.1) is 12.6 Å². The van der Waals surface area contributed by atoms with E-state index < -0.39 is 29.9 Å². The zero-order valence-electron chi connectivity index (χ0n) is 19.2. The van der Waals surface area contributed by atoms with Gasteiger partial charge >= 0.3 is 0 Å². The molecule has 2 rings (SSSR count). The molecule has 0 aliphatic heterocycles. The molecule has 180 valence electrons. The van der Waals surface area contributed by atoms with Crippen molar-refractivity contribution in [1.82, 2.24) is 15.5 Å². The zero-order valence-corrected chi connectivity index (χ0v) is 19.2. The van der Waals surface area contributed by atoms with Crippen molar-refractivity contribution in [3.63, 3.8) is 0 Å². The number of phenolic OH excluding ortho intramolecular Hbond substituents is 1. The normalized spacial score (nSPS) is 12.2. The Kier molecular flexibility index (Phi) is 10.0. The van der Waals surface area contributed by atoms with E-state index in [0.29, 0.717) is 5.56 Å². The summed E-state index contributed by atoms with van der Waals surface area (Å²) in [6.45, 7) is 8.74. The number of hydrogen-bond donors (Lipinski definition) is 4. The minimum atomic E-state index is -1.63. The van der Waals surface area contributed by atoms with E-state index in [2.05, 4.69) is 23.8 Å². The second-order valence-electron chi connectivity index (χ2n) is 7.76. The molecule has 2 aromatic rings. The van der Waals surface area contributed by atoms with E-state index in [9.17, 15) is 24.6 Å². The van der Waals surface area contributed by atoms with Gasteiger partial charge in [-0.3, -0.25) is 14.4 Å². The Balaban J connectivity index is 2.28. The van der Waals surface area contributed by atoms with Gasteiger partial charge in [-0.05, 0) is 31.0 Å². The number of carbonyl (C=O) groups excluding carboxylic acids is 3. The maximum absolute atomic E-state index is 13.1. The Hall–Kier alpha value is -3.91. The molecule has 2 aromatic carbocycles. The van der Waals surface area contributed by atoms with Crippen molar-refractivity contribution in [1.29, 1.82) is 0 Å². The number of aromatic hydroxyl groups is 1. The van der Waals surface area contributed by atoms with Crippen LogP contribution in [0, 0.1) is 6.92 Å². The Bertz CT molecular complexity index is 1020. The Morgan fingerprint density at radius 2 is 1.76 bits per heavy atom. The second-order valence-corrected chi connectivity index (χ2v) is 7.76. The highest BCUT2D eigenvalue weighted by Crippen LogP contribution is 2.20. The van der Waals surface area contributed by atoms with Gasteiger partial charge in [-0.2, -0.15) is 0 Å². The molecule has 2 unspecified atom stereocenters. The van der Waals surface area contributed by atoms with Crippen LogP contribution in [0.5, 0.6) is 5.75 Å². The van der Waals surface area contributed by atoms with Gasteiger partial charge < -0.3 is 25.7 Å². The third-order valence-corrected chi connectivity index (χ3v) is 5.24. The predicted octanol–water partition coefficient (Wildman–Crippen LogP) is 1.72. The molecule has 0 aromatic heterocycles. The number of aliphatic hydroxyl groups excluding tert-OH is 1. The third kappa shape index (κ3) is 7.31. The zero-order chi connectivity index (χ0) is 25.1. The van der Waals surface area contributed by atoms with E-state index in [1.165, 1.54) is 23.1 Å². The average molecular weight is 466 g/mol. The summed E-state index contributed by atoms with van der Waals surface area (Å²) >= 11 is 0. The number of rotatable bonds is 12. The van der Waals surface area contributed by atoms with Crippen LogP contribution in [-0.4, -0.2) is 64.6 Å². The van der Waals surface area contributed by atoms with Gasteiger partial charge in [-0.15, -0.1) is 13.2 Å². The van der Waals surface area contributed by atoms with Crippen LogP contribution in [0.1, 0.15) is 21.5 Å². The SMILES string of the molecule is C=CCNC(=O)CN(CC=C)C(=O)C(O)C(Cc1ccccc1)NC(=O)c1cccc(O)c1C. The fourth-order valence-electron chi connectivity index (χ4n) is 3.39. The minimum Gasteiger partial charge on any atom is -0.508 e. The van der Waals surface area contributed by atoms with Gasteiger partial charge in [0.1, 0.15) is 5.75 Å². The number of carbonyl (C=O) groups is 3. The molecule has 3 amide bonds. The monoisotopic (exact) mass is 465 g/mol. The van der Waals surface area contributed by atoms with Crippen molar-refractivity contribution in [2.75, 3.05) is 19.6 Å². The Labute approximate surface area is 199 Å². The summed E-state index contributed by atoms with van der Waals surface area (Å²) in [4.78, 5) is 39.5. The lowest BCUT2D eigenvalue weighted by atomic mass is 9.99. The van der Waals surface area contributed by atoms with Crippen LogP contribution in [0.3, 0.4) is 0 Å². The molecule has 0 heterocycles. The lowest BCUT2D eigenvalue weighted by molar-refractivity contribution is -0.143. The van der Waals surface area contributed by atoms with Crippen LogP contribution >= 0.6 is 0 Å². The summed E-state index contributed by atoms with van der Waals surface area (Å²) in [5.74, 6) is -1.71. The van der Waals surface area contributed by atoms with Crippen molar-refractivity contribution in [3.05, 3.63) is 90.5 Å². The highest BCUT2D eigenvalue weighted by atomic mass is 16.3. The van der Waals surface area contributed by atoms with Crippen molar-refractivity contribution in [3.8, 4) is 5.75 Å². The van der Waals surface area contributed by atoms with E-state index >= 15 is 0 Å². The summed E-state index contributed by atoms with van der Waals surface area (Å²) in [5.41, 5.74) is 1.40. The van der Waals surface area contributed by atoms with Crippen molar-refractivity contribution < 1.29 is 24.6 Å². The molecule has 8 nitrogen and oxygen atoms in total. The van der Waals surface area contributed by atoms with Crippen LogP contribution in [-0.2, 0) is 16.0 Å². The van der Waals surface area contributed by atoms with Crippen molar-refractivity contribution >= 4 is 17.7 Å². The summed E-state index contributed by atoms with van der Waals surface area (Å²) in [5, 5.41) is 26.3. The smallest absolute Gasteiger partial charge is 0.254 e. The molecule has 8 heteroatoms. The molecule has 4 N–H and O–H groups in total. The van der Waals surface area contributed by atoms with Crippen LogP contribution in [0.15, 0.2) is 73.8 Å². The molecule has 34 heavy (non-hydrogen) atoms.